The van der Waals surface area contributed by atoms with Crippen molar-refractivity contribution in [2.24, 2.45) is 11.8 Å². The van der Waals surface area contributed by atoms with Crippen LogP contribution in [0.1, 0.15) is 59.4 Å². The fourth-order valence-electron chi connectivity index (χ4n) is 4.45. The van der Waals surface area contributed by atoms with Crippen molar-refractivity contribution in [2.75, 3.05) is 11.9 Å². The van der Waals surface area contributed by atoms with Crippen molar-refractivity contribution in [2.45, 2.75) is 78.0 Å². The molecule has 1 saturated heterocycles. The van der Waals surface area contributed by atoms with Crippen LogP contribution in [-0.4, -0.2) is 47.0 Å². The number of rotatable bonds is 4. The molecule has 0 bridgehead atoms. The minimum absolute atomic E-state index is 0.0259. The number of amides is 3. The van der Waals surface area contributed by atoms with Gasteiger partial charge in [-0.05, 0) is 64.5 Å². The molecular formula is C24H35N3O4. The Labute approximate surface area is 184 Å². The molecule has 7 heteroatoms. The zero-order chi connectivity index (χ0) is 22.8. The van der Waals surface area contributed by atoms with Crippen LogP contribution in [0.3, 0.4) is 0 Å². The van der Waals surface area contributed by atoms with Crippen molar-refractivity contribution in [3.8, 4) is 0 Å². The first-order valence-electron chi connectivity index (χ1n) is 11.2. The Hall–Kier alpha value is -2.57. The van der Waals surface area contributed by atoms with Crippen molar-refractivity contribution >= 4 is 23.6 Å². The van der Waals surface area contributed by atoms with Gasteiger partial charge in [0.2, 0.25) is 11.8 Å². The molecule has 0 spiro atoms. The van der Waals surface area contributed by atoms with Crippen LogP contribution in [0, 0.1) is 11.8 Å². The number of anilines is 1. The summed E-state index contributed by atoms with van der Waals surface area (Å²) >= 11 is 0. The molecule has 2 aliphatic rings. The highest BCUT2D eigenvalue weighted by Gasteiger charge is 2.38. The quantitative estimate of drug-likeness (QED) is 0.763. The van der Waals surface area contributed by atoms with E-state index in [1.807, 2.05) is 52.0 Å². The maximum atomic E-state index is 12.7. The molecule has 1 aromatic rings. The van der Waals surface area contributed by atoms with Gasteiger partial charge in [0.15, 0.2) is 0 Å². The van der Waals surface area contributed by atoms with Gasteiger partial charge in [-0.25, -0.2) is 4.79 Å². The number of carbonyl (C=O) groups is 3. The largest absolute Gasteiger partial charge is 0.444 e. The zero-order valence-electron chi connectivity index (χ0n) is 19.2. The summed E-state index contributed by atoms with van der Waals surface area (Å²) in [5, 5.41) is 6.06. The number of ether oxygens (including phenoxy) is 1. The topological polar surface area (TPSA) is 87.7 Å². The number of hydrogen-bond donors (Lipinski definition) is 2. The minimum atomic E-state index is -0.558. The van der Waals surface area contributed by atoms with E-state index in [2.05, 4.69) is 17.6 Å². The monoisotopic (exact) mass is 429 g/mol. The third kappa shape index (κ3) is 5.77. The lowest BCUT2D eigenvalue weighted by molar-refractivity contribution is -0.124. The summed E-state index contributed by atoms with van der Waals surface area (Å²) in [4.78, 5) is 39.4. The Bertz CT molecular complexity index is 832. The van der Waals surface area contributed by atoms with E-state index in [1.54, 1.807) is 4.90 Å². The fraction of sp³-hybridized carbons (Fsp3) is 0.625. The molecule has 2 aliphatic heterocycles. The summed E-state index contributed by atoms with van der Waals surface area (Å²) < 4.78 is 5.53. The number of nitrogens with one attached hydrogen (secondary N) is 2. The van der Waals surface area contributed by atoms with Crippen molar-refractivity contribution in [3.05, 3.63) is 29.8 Å². The first kappa shape index (κ1) is 23.1. The van der Waals surface area contributed by atoms with Gasteiger partial charge in [0.1, 0.15) is 5.60 Å². The first-order chi connectivity index (χ1) is 14.5. The molecule has 2 N–H and O–H groups in total. The van der Waals surface area contributed by atoms with Gasteiger partial charge in [-0.1, -0.05) is 25.1 Å². The molecule has 3 rings (SSSR count). The second kappa shape index (κ2) is 9.28. The molecule has 1 aromatic carbocycles. The van der Waals surface area contributed by atoms with E-state index in [-0.39, 0.29) is 48.2 Å². The van der Waals surface area contributed by atoms with Crippen molar-refractivity contribution in [1.82, 2.24) is 10.2 Å². The molecule has 0 aliphatic carbocycles. The summed E-state index contributed by atoms with van der Waals surface area (Å²) in [5.41, 5.74) is 1.41. The number of para-hydroxylation sites is 1. The lowest BCUT2D eigenvalue weighted by Crippen LogP contribution is -2.59. The van der Waals surface area contributed by atoms with Crippen molar-refractivity contribution in [1.29, 1.82) is 0 Å². The number of hydrogen-bond acceptors (Lipinski definition) is 4. The molecule has 170 valence electrons. The summed E-state index contributed by atoms with van der Waals surface area (Å²) in [6, 6.07) is 7.47. The van der Waals surface area contributed by atoms with Crippen LogP contribution < -0.4 is 10.6 Å². The van der Waals surface area contributed by atoms with E-state index >= 15 is 0 Å². The van der Waals surface area contributed by atoms with Crippen LogP contribution in [0.15, 0.2) is 24.3 Å². The van der Waals surface area contributed by atoms with Gasteiger partial charge in [0.05, 0.1) is 12.1 Å². The molecule has 1 fully saturated rings. The maximum Gasteiger partial charge on any atom is 0.410 e. The van der Waals surface area contributed by atoms with Crippen LogP contribution in [0.25, 0.3) is 0 Å². The Balaban J connectivity index is 1.55. The highest BCUT2D eigenvalue weighted by atomic mass is 16.6. The molecule has 7 nitrogen and oxygen atoms in total. The molecule has 0 saturated carbocycles. The average Bonchev–Trinajstić information content (AvgIpc) is 2.68. The predicted molar refractivity (Wildman–Crippen MR) is 120 cm³/mol. The molecular weight excluding hydrogens is 394 g/mol. The number of benzene rings is 1. The lowest BCUT2D eigenvalue weighted by Gasteiger charge is -2.43. The fourth-order valence-corrected chi connectivity index (χ4v) is 4.45. The molecule has 3 amide bonds. The van der Waals surface area contributed by atoms with Gasteiger partial charge in [-0.2, -0.15) is 0 Å². The SMILES string of the molecule is C[C@@H]1CCN(C(=O)OC(C)(C)C)[C@H](C)[C@H]1NC(=O)CC[C@@H]1Cc2ccccc2NC1=O. The Kier molecular flexibility index (Phi) is 6.92. The summed E-state index contributed by atoms with van der Waals surface area (Å²) in [7, 11) is 0. The second-order valence-corrected chi connectivity index (χ2v) is 9.86. The second-order valence-electron chi connectivity index (χ2n) is 9.86. The van der Waals surface area contributed by atoms with Crippen LogP contribution >= 0.6 is 0 Å². The van der Waals surface area contributed by atoms with E-state index in [0.29, 0.717) is 19.4 Å². The van der Waals surface area contributed by atoms with Gasteiger partial charge < -0.3 is 20.3 Å². The third-order valence-electron chi connectivity index (χ3n) is 6.24. The molecule has 2 heterocycles. The Morgan fingerprint density at radius 2 is 1.94 bits per heavy atom. The molecule has 0 aromatic heterocycles. The maximum absolute atomic E-state index is 12.7. The van der Waals surface area contributed by atoms with E-state index in [4.69, 9.17) is 4.74 Å². The third-order valence-corrected chi connectivity index (χ3v) is 6.24. The molecule has 0 radical (unpaired) electrons. The minimum Gasteiger partial charge on any atom is -0.444 e. The predicted octanol–water partition coefficient (Wildman–Crippen LogP) is 3.73. The Morgan fingerprint density at radius 3 is 2.65 bits per heavy atom. The molecule has 31 heavy (non-hydrogen) atoms. The van der Waals surface area contributed by atoms with Crippen LogP contribution in [0.4, 0.5) is 10.5 Å². The Morgan fingerprint density at radius 1 is 1.23 bits per heavy atom. The van der Waals surface area contributed by atoms with Crippen LogP contribution in [0.2, 0.25) is 0 Å². The number of carbonyl (C=O) groups excluding carboxylic acids is 3. The van der Waals surface area contributed by atoms with Gasteiger partial charge in [0.25, 0.3) is 0 Å². The number of fused-ring (bicyclic) bond motifs is 1. The van der Waals surface area contributed by atoms with E-state index in [0.717, 1.165) is 17.7 Å². The first-order valence-corrected chi connectivity index (χ1v) is 11.2. The van der Waals surface area contributed by atoms with E-state index < -0.39 is 5.60 Å². The highest BCUT2D eigenvalue weighted by Crippen LogP contribution is 2.28. The summed E-state index contributed by atoms with van der Waals surface area (Å²) in [6.45, 7) is 10.2. The standard InChI is InChI=1S/C24H35N3O4/c1-15-12-13-27(23(30)31-24(3,4)5)16(2)21(15)26-20(28)11-10-18-14-17-8-6-7-9-19(17)25-22(18)29/h6-9,15-16,18,21H,10-14H2,1-5H3,(H,25,29)(H,26,28)/t15-,16-,18-,21+/m1/s1. The highest BCUT2D eigenvalue weighted by molar-refractivity contribution is 5.96. The van der Waals surface area contributed by atoms with Gasteiger partial charge in [0, 0.05) is 24.6 Å². The van der Waals surface area contributed by atoms with Gasteiger partial charge >= 0.3 is 6.09 Å². The summed E-state index contributed by atoms with van der Waals surface area (Å²) in [5.74, 6) is -0.0639. The van der Waals surface area contributed by atoms with Gasteiger partial charge in [-0.15, -0.1) is 0 Å². The zero-order valence-corrected chi connectivity index (χ0v) is 19.2. The van der Waals surface area contributed by atoms with Crippen LogP contribution in [0.5, 0.6) is 0 Å². The van der Waals surface area contributed by atoms with E-state index in [9.17, 15) is 14.4 Å². The summed E-state index contributed by atoms with van der Waals surface area (Å²) in [6.07, 6.45) is 1.89. The average molecular weight is 430 g/mol. The smallest absolute Gasteiger partial charge is 0.410 e. The van der Waals surface area contributed by atoms with Crippen molar-refractivity contribution < 1.29 is 19.1 Å². The van der Waals surface area contributed by atoms with Crippen molar-refractivity contribution in [3.63, 3.8) is 0 Å². The number of piperidine rings is 1. The van der Waals surface area contributed by atoms with Gasteiger partial charge in [-0.3, -0.25) is 9.59 Å². The molecule has 0 unspecified atom stereocenters. The number of likely N-dealkylation sites (tertiary alicyclic amines) is 1. The van der Waals surface area contributed by atoms with E-state index in [1.165, 1.54) is 0 Å². The number of nitrogens with zero attached hydrogens (tertiary/aromatic N) is 1. The lowest BCUT2D eigenvalue weighted by atomic mass is 9.87. The normalized spacial score (nSPS) is 26.0. The molecule has 4 atom stereocenters. The van der Waals surface area contributed by atoms with Crippen LogP contribution in [-0.2, 0) is 20.7 Å².